The van der Waals surface area contributed by atoms with Crippen molar-refractivity contribution in [2.24, 2.45) is 0 Å². The highest BCUT2D eigenvalue weighted by molar-refractivity contribution is 7.99. The van der Waals surface area contributed by atoms with Crippen LogP contribution in [0.2, 0.25) is 0 Å². The number of nitrogens with zero attached hydrogens (tertiary/aromatic N) is 3. The van der Waals surface area contributed by atoms with Crippen LogP contribution in [0.3, 0.4) is 0 Å². The minimum Gasteiger partial charge on any atom is -0.464 e. The van der Waals surface area contributed by atoms with E-state index in [0.717, 1.165) is 12.3 Å². The Morgan fingerprint density at radius 1 is 1.20 bits per heavy atom. The predicted molar refractivity (Wildman–Crippen MR) is 61.6 cm³/mol. The number of hydrogen-bond acceptors (Lipinski definition) is 6. The van der Waals surface area contributed by atoms with E-state index in [4.69, 9.17) is 4.74 Å². The van der Waals surface area contributed by atoms with Crippen molar-refractivity contribution in [2.45, 2.75) is 25.9 Å². The summed E-state index contributed by atoms with van der Waals surface area (Å²) < 4.78 is 5.26. The van der Waals surface area contributed by atoms with E-state index in [1.165, 1.54) is 0 Å². The molecule has 0 saturated heterocycles. The summed E-state index contributed by atoms with van der Waals surface area (Å²) in [4.78, 5) is 12.5. The molecule has 0 aliphatic heterocycles. The molecule has 1 heterocycles. The van der Waals surface area contributed by atoms with Crippen LogP contribution in [0.25, 0.3) is 0 Å². The first-order valence-corrected chi connectivity index (χ1v) is 6.04. The van der Waals surface area contributed by atoms with Crippen molar-refractivity contribution in [3.63, 3.8) is 0 Å². The summed E-state index contributed by atoms with van der Waals surface area (Å²) in [6.07, 6.45) is 0. The molecule has 0 bridgehead atoms. The summed E-state index contributed by atoms with van der Waals surface area (Å²) in [6.45, 7) is 7.31. The topological polar surface area (TPSA) is 59.9 Å². The van der Waals surface area contributed by atoms with Gasteiger partial charge < -0.3 is 10.1 Å². The van der Waals surface area contributed by atoms with Crippen molar-refractivity contribution in [1.29, 1.82) is 0 Å². The van der Waals surface area contributed by atoms with E-state index in [2.05, 4.69) is 27.2 Å². The summed E-state index contributed by atoms with van der Waals surface area (Å²) >= 11 is 1.57. The highest BCUT2D eigenvalue weighted by Crippen LogP contribution is 2.16. The van der Waals surface area contributed by atoms with Gasteiger partial charge in [0.15, 0.2) is 5.16 Å². The molecular weight excluding hydrogens is 212 g/mol. The highest BCUT2D eigenvalue weighted by Gasteiger charge is 2.06. The third-order valence-corrected chi connectivity index (χ3v) is 2.21. The van der Waals surface area contributed by atoms with Crippen LogP contribution in [0, 0.1) is 0 Å². The Labute approximate surface area is 94.1 Å². The second kappa shape index (κ2) is 6.44. The Kier molecular flexibility index (Phi) is 5.17. The molecule has 0 spiro atoms. The Bertz CT molecular complexity index is 248. The molecule has 0 unspecified atom stereocenters. The lowest BCUT2D eigenvalue weighted by atomic mass is 10.7. The number of aromatic nitrogens is 3. The van der Waals surface area contributed by atoms with Crippen LogP contribution in [0.15, 0.2) is 5.16 Å². The van der Waals surface area contributed by atoms with Crippen molar-refractivity contribution in [3.05, 3.63) is 0 Å². The fourth-order valence-electron chi connectivity index (χ4n) is 0.962. The van der Waals surface area contributed by atoms with Crippen molar-refractivity contribution in [2.75, 3.05) is 24.2 Å². The van der Waals surface area contributed by atoms with Gasteiger partial charge in [0.05, 0.1) is 6.61 Å². The first-order chi connectivity index (χ1) is 7.30. The minimum absolute atomic E-state index is 0.388. The number of nitrogens with one attached hydrogen (secondary N) is 1. The molecule has 1 aromatic rings. The van der Waals surface area contributed by atoms with Gasteiger partial charge in [0.25, 0.3) is 0 Å². The molecule has 0 radical (unpaired) electrons. The molecule has 0 saturated carbocycles. The van der Waals surface area contributed by atoms with Crippen LogP contribution in [-0.2, 0) is 0 Å². The van der Waals surface area contributed by atoms with Crippen LogP contribution in [0.4, 0.5) is 5.95 Å². The van der Waals surface area contributed by atoms with Gasteiger partial charge in [-0.05, 0) is 19.6 Å². The smallest absolute Gasteiger partial charge is 0.322 e. The molecule has 0 fully saturated rings. The van der Waals surface area contributed by atoms with Crippen LogP contribution in [0.5, 0.6) is 6.01 Å². The predicted octanol–water partition coefficient (Wildman–Crippen LogP) is 1.81. The zero-order valence-electron chi connectivity index (χ0n) is 9.28. The van der Waals surface area contributed by atoms with Gasteiger partial charge in [0.2, 0.25) is 5.95 Å². The lowest BCUT2D eigenvalue weighted by Crippen LogP contribution is -2.07. The normalized spacial score (nSPS) is 10.1. The van der Waals surface area contributed by atoms with Gasteiger partial charge in [0.1, 0.15) is 0 Å². The summed E-state index contributed by atoms with van der Waals surface area (Å²) in [5, 5.41) is 3.75. The molecule has 0 aromatic carbocycles. The van der Waals surface area contributed by atoms with E-state index in [9.17, 15) is 0 Å². The van der Waals surface area contributed by atoms with E-state index in [1.54, 1.807) is 11.8 Å². The molecular formula is C9H16N4OS. The first kappa shape index (κ1) is 12.0. The maximum Gasteiger partial charge on any atom is 0.322 e. The molecule has 1 rings (SSSR count). The standard InChI is InChI=1S/C9H16N4OS/c1-4-10-7-11-8(14-5-2)13-9(12-7)15-6-3/h4-6H2,1-3H3,(H,10,11,12,13). The summed E-state index contributed by atoms with van der Waals surface area (Å²) in [5.41, 5.74) is 0. The van der Waals surface area contributed by atoms with E-state index in [-0.39, 0.29) is 0 Å². The number of ether oxygens (including phenoxy) is 1. The number of anilines is 1. The fourth-order valence-corrected chi connectivity index (χ4v) is 1.51. The Morgan fingerprint density at radius 3 is 2.60 bits per heavy atom. The maximum atomic E-state index is 5.26. The Balaban J connectivity index is 2.86. The van der Waals surface area contributed by atoms with Gasteiger partial charge in [-0.25, -0.2) is 0 Å². The SMILES string of the molecule is CCNc1nc(OCC)nc(SCC)n1. The molecule has 5 nitrogen and oxygen atoms in total. The van der Waals surface area contributed by atoms with E-state index >= 15 is 0 Å². The average molecular weight is 228 g/mol. The minimum atomic E-state index is 0.388. The van der Waals surface area contributed by atoms with Gasteiger partial charge in [0, 0.05) is 6.54 Å². The number of rotatable bonds is 6. The third kappa shape index (κ3) is 3.91. The maximum absolute atomic E-state index is 5.26. The van der Waals surface area contributed by atoms with Gasteiger partial charge >= 0.3 is 6.01 Å². The van der Waals surface area contributed by atoms with Crippen LogP contribution >= 0.6 is 11.8 Å². The molecule has 0 aliphatic rings. The molecule has 1 aromatic heterocycles. The van der Waals surface area contributed by atoms with E-state index < -0.39 is 0 Å². The lowest BCUT2D eigenvalue weighted by molar-refractivity contribution is 0.308. The van der Waals surface area contributed by atoms with Crippen LogP contribution < -0.4 is 10.1 Å². The molecule has 0 amide bonds. The van der Waals surface area contributed by atoms with Gasteiger partial charge in [-0.3, -0.25) is 0 Å². The highest BCUT2D eigenvalue weighted by atomic mass is 32.2. The Hall–Kier alpha value is -1.04. The zero-order chi connectivity index (χ0) is 11.1. The van der Waals surface area contributed by atoms with Gasteiger partial charge in [-0.2, -0.15) is 15.0 Å². The van der Waals surface area contributed by atoms with Crippen molar-refractivity contribution < 1.29 is 4.74 Å². The van der Waals surface area contributed by atoms with Crippen molar-refractivity contribution in [1.82, 2.24) is 15.0 Å². The molecule has 15 heavy (non-hydrogen) atoms. The first-order valence-electron chi connectivity index (χ1n) is 5.05. The largest absolute Gasteiger partial charge is 0.464 e. The molecule has 0 aliphatic carbocycles. The number of hydrogen-bond donors (Lipinski definition) is 1. The average Bonchev–Trinajstić information content (AvgIpc) is 2.19. The second-order valence-electron chi connectivity index (χ2n) is 2.62. The second-order valence-corrected chi connectivity index (χ2v) is 3.85. The van der Waals surface area contributed by atoms with Gasteiger partial charge in [-0.1, -0.05) is 18.7 Å². The fraction of sp³-hybridized carbons (Fsp3) is 0.667. The molecule has 6 heteroatoms. The quantitative estimate of drug-likeness (QED) is 0.749. The summed E-state index contributed by atoms with van der Waals surface area (Å²) in [7, 11) is 0. The molecule has 0 atom stereocenters. The van der Waals surface area contributed by atoms with E-state index in [0.29, 0.717) is 23.7 Å². The van der Waals surface area contributed by atoms with Crippen LogP contribution in [0.1, 0.15) is 20.8 Å². The zero-order valence-corrected chi connectivity index (χ0v) is 10.1. The monoisotopic (exact) mass is 228 g/mol. The summed E-state index contributed by atoms with van der Waals surface area (Å²) in [6, 6.07) is 0.388. The number of thioether (sulfide) groups is 1. The molecule has 84 valence electrons. The van der Waals surface area contributed by atoms with E-state index in [1.807, 2.05) is 13.8 Å². The third-order valence-electron chi connectivity index (χ3n) is 1.48. The van der Waals surface area contributed by atoms with Gasteiger partial charge in [-0.15, -0.1) is 0 Å². The Morgan fingerprint density at radius 2 is 2.00 bits per heavy atom. The summed E-state index contributed by atoms with van der Waals surface area (Å²) in [5.74, 6) is 1.51. The van der Waals surface area contributed by atoms with Crippen LogP contribution in [-0.4, -0.2) is 33.9 Å². The molecule has 1 N–H and O–H groups in total. The van der Waals surface area contributed by atoms with Crippen molar-refractivity contribution >= 4 is 17.7 Å². The lowest BCUT2D eigenvalue weighted by Gasteiger charge is -2.06. The van der Waals surface area contributed by atoms with Crippen molar-refractivity contribution in [3.8, 4) is 6.01 Å².